The summed E-state index contributed by atoms with van der Waals surface area (Å²) in [7, 11) is 0. The molecule has 1 unspecified atom stereocenters. The second kappa shape index (κ2) is 7.49. The molecule has 2 atom stereocenters. The zero-order valence-corrected chi connectivity index (χ0v) is 10.4. The smallest absolute Gasteiger partial charge is 0.326 e. The first-order chi connectivity index (χ1) is 7.96. The monoisotopic (exact) mass is 241 g/mol. The normalized spacial score (nSPS) is 13.3. The summed E-state index contributed by atoms with van der Waals surface area (Å²) in [4.78, 5) is 23.9. The molecule has 0 bridgehead atoms. The Morgan fingerprint density at radius 2 is 2.06 bits per heavy atom. The second-order valence-electron chi connectivity index (χ2n) is 3.82. The molecule has 2 amide bonds. The Morgan fingerprint density at radius 1 is 1.47 bits per heavy atom. The van der Waals surface area contributed by atoms with E-state index >= 15 is 0 Å². The van der Waals surface area contributed by atoms with Crippen molar-refractivity contribution in [1.82, 2.24) is 10.2 Å². The number of nitrogens with one attached hydrogen (secondary N) is 1. The van der Waals surface area contributed by atoms with Gasteiger partial charge in [-0.1, -0.05) is 6.92 Å². The Morgan fingerprint density at radius 3 is 2.41 bits per heavy atom. The van der Waals surface area contributed by atoms with Crippen molar-refractivity contribution >= 4 is 12.0 Å². The third-order valence-electron chi connectivity index (χ3n) is 2.39. The van der Waals surface area contributed by atoms with Gasteiger partial charge in [0.2, 0.25) is 0 Å². The summed E-state index contributed by atoms with van der Waals surface area (Å²) >= 11 is 0. The molecular formula is C11H19N3O3. The zero-order chi connectivity index (χ0) is 13.4. The molecule has 0 aromatic carbocycles. The molecule has 0 aliphatic heterocycles. The van der Waals surface area contributed by atoms with E-state index in [1.807, 2.05) is 6.07 Å². The maximum absolute atomic E-state index is 11.7. The topological polar surface area (TPSA) is 93.4 Å². The highest BCUT2D eigenvalue weighted by Gasteiger charge is 2.21. The standard InChI is InChI=1S/C11H19N3O3/c1-4-9(10(15)16)13-11(17)14(5-2)7-8(3)6-12/h8-9H,4-5,7H2,1-3H3,(H,13,17)(H,15,16)/t8?,9-/m0/s1. The fourth-order valence-electron chi connectivity index (χ4n) is 1.31. The highest BCUT2D eigenvalue weighted by Crippen LogP contribution is 2.00. The molecule has 96 valence electrons. The van der Waals surface area contributed by atoms with Gasteiger partial charge >= 0.3 is 12.0 Å². The van der Waals surface area contributed by atoms with Crippen molar-refractivity contribution in [3.05, 3.63) is 0 Å². The van der Waals surface area contributed by atoms with Crippen LogP contribution in [0.15, 0.2) is 0 Å². The van der Waals surface area contributed by atoms with E-state index in [1.165, 1.54) is 4.90 Å². The lowest BCUT2D eigenvalue weighted by atomic mass is 10.2. The maximum Gasteiger partial charge on any atom is 0.326 e. The Kier molecular flexibility index (Phi) is 6.71. The minimum Gasteiger partial charge on any atom is -0.480 e. The number of hydrogen-bond acceptors (Lipinski definition) is 3. The fourth-order valence-corrected chi connectivity index (χ4v) is 1.31. The first kappa shape index (κ1) is 15.2. The molecule has 0 heterocycles. The van der Waals surface area contributed by atoms with Crippen molar-refractivity contribution < 1.29 is 14.7 Å². The third-order valence-corrected chi connectivity index (χ3v) is 2.39. The maximum atomic E-state index is 11.7. The van der Waals surface area contributed by atoms with Gasteiger partial charge in [0, 0.05) is 13.1 Å². The molecule has 0 aromatic heterocycles. The Bertz CT molecular complexity index is 312. The number of carboxylic acid groups (broad SMARTS) is 1. The molecule has 2 N–H and O–H groups in total. The number of carboxylic acids is 1. The summed E-state index contributed by atoms with van der Waals surface area (Å²) < 4.78 is 0. The van der Waals surface area contributed by atoms with Crippen molar-refractivity contribution in [3.63, 3.8) is 0 Å². The number of hydrogen-bond donors (Lipinski definition) is 2. The number of nitrogens with zero attached hydrogens (tertiary/aromatic N) is 2. The predicted molar refractivity (Wildman–Crippen MR) is 62.3 cm³/mol. The molecule has 0 rings (SSSR count). The fraction of sp³-hybridized carbons (Fsp3) is 0.727. The van der Waals surface area contributed by atoms with Crippen LogP contribution in [0.3, 0.4) is 0 Å². The average Bonchev–Trinajstić information content (AvgIpc) is 2.31. The van der Waals surface area contributed by atoms with E-state index in [0.717, 1.165) is 0 Å². The van der Waals surface area contributed by atoms with Crippen LogP contribution in [0.2, 0.25) is 0 Å². The van der Waals surface area contributed by atoms with E-state index in [0.29, 0.717) is 19.5 Å². The number of carbonyl (C=O) groups is 2. The number of aliphatic carboxylic acids is 1. The number of amides is 2. The summed E-state index contributed by atoms with van der Waals surface area (Å²) in [5.41, 5.74) is 0. The van der Waals surface area contributed by atoms with Gasteiger partial charge in [-0.2, -0.15) is 5.26 Å². The van der Waals surface area contributed by atoms with Gasteiger partial charge in [-0.15, -0.1) is 0 Å². The van der Waals surface area contributed by atoms with Crippen molar-refractivity contribution in [2.45, 2.75) is 33.2 Å². The minimum absolute atomic E-state index is 0.273. The molecule has 6 nitrogen and oxygen atoms in total. The van der Waals surface area contributed by atoms with Gasteiger partial charge < -0.3 is 15.3 Å². The van der Waals surface area contributed by atoms with E-state index in [2.05, 4.69) is 5.32 Å². The highest BCUT2D eigenvalue weighted by molar-refractivity contribution is 5.82. The molecule has 6 heteroatoms. The predicted octanol–water partition coefficient (Wildman–Crippen LogP) is 1.04. The number of urea groups is 1. The van der Waals surface area contributed by atoms with Crippen LogP contribution in [0.4, 0.5) is 4.79 Å². The summed E-state index contributed by atoms with van der Waals surface area (Å²) in [6.07, 6.45) is 0.326. The van der Waals surface area contributed by atoms with Gasteiger partial charge in [0.15, 0.2) is 0 Å². The lowest BCUT2D eigenvalue weighted by Crippen LogP contribution is -2.48. The second-order valence-corrected chi connectivity index (χ2v) is 3.82. The van der Waals surface area contributed by atoms with E-state index in [-0.39, 0.29) is 5.92 Å². The zero-order valence-electron chi connectivity index (χ0n) is 10.4. The quantitative estimate of drug-likeness (QED) is 0.726. The van der Waals surface area contributed by atoms with Crippen LogP contribution in [0.5, 0.6) is 0 Å². The molecule has 17 heavy (non-hydrogen) atoms. The van der Waals surface area contributed by atoms with E-state index in [9.17, 15) is 9.59 Å². The van der Waals surface area contributed by atoms with Crippen molar-refractivity contribution in [3.8, 4) is 6.07 Å². The van der Waals surface area contributed by atoms with Gasteiger partial charge in [-0.3, -0.25) is 0 Å². The molecular weight excluding hydrogens is 222 g/mol. The number of carbonyl (C=O) groups excluding carboxylic acids is 1. The van der Waals surface area contributed by atoms with Gasteiger partial charge in [0.1, 0.15) is 6.04 Å². The van der Waals surface area contributed by atoms with Crippen LogP contribution in [0.25, 0.3) is 0 Å². The lowest BCUT2D eigenvalue weighted by Gasteiger charge is -2.24. The van der Waals surface area contributed by atoms with Gasteiger partial charge in [-0.25, -0.2) is 9.59 Å². The Hall–Kier alpha value is -1.77. The van der Waals surface area contributed by atoms with E-state index < -0.39 is 18.0 Å². The lowest BCUT2D eigenvalue weighted by molar-refractivity contribution is -0.139. The number of rotatable bonds is 6. The molecule has 0 radical (unpaired) electrons. The molecule has 0 aromatic rings. The first-order valence-corrected chi connectivity index (χ1v) is 5.64. The first-order valence-electron chi connectivity index (χ1n) is 5.64. The van der Waals surface area contributed by atoms with Crippen molar-refractivity contribution in [1.29, 1.82) is 5.26 Å². The van der Waals surface area contributed by atoms with Gasteiger partial charge in [0.05, 0.1) is 12.0 Å². The summed E-state index contributed by atoms with van der Waals surface area (Å²) in [6.45, 7) is 5.92. The minimum atomic E-state index is -1.05. The van der Waals surface area contributed by atoms with E-state index in [1.54, 1.807) is 20.8 Å². The number of nitriles is 1. The molecule has 0 aliphatic carbocycles. The molecule has 0 fully saturated rings. The molecule has 0 saturated carbocycles. The highest BCUT2D eigenvalue weighted by atomic mass is 16.4. The van der Waals surface area contributed by atoms with Gasteiger partial charge in [0.25, 0.3) is 0 Å². The van der Waals surface area contributed by atoms with Crippen molar-refractivity contribution in [2.75, 3.05) is 13.1 Å². The Labute approximate surface area is 101 Å². The van der Waals surface area contributed by atoms with Crippen molar-refractivity contribution in [2.24, 2.45) is 5.92 Å². The van der Waals surface area contributed by atoms with Crippen LogP contribution < -0.4 is 5.32 Å². The van der Waals surface area contributed by atoms with E-state index in [4.69, 9.17) is 10.4 Å². The average molecular weight is 241 g/mol. The summed E-state index contributed by atoms with van der Waals surface area (Å²) in [6, 6.07) is 0.715. The summed E-state index contributed by atoms with van der Waals surface area (Å²) in [5, 5.41) is 19.9. The Balaban J connectivity index is 4.45. The van der Waals surface area contributed by atoms with Crippen LogP contribution in [-0.2, 0) is 4.79 Å². The SMILES string of the molecule is CC[C@H](NC(=O)N(CC)CC(C)C#N)C(=O)O. The summed E-state index contributed by atoms with van der Waals surface area (Å²) in [5.74, 6) is -1.32. The molecule has 0 spiro atoms. The third kappa shape index (κ3) is 5.20. The van der Waals surface area contributed by atoms with Crippen LogP contribution in [0, 0.1) is 17.2 Å². The molecule has 0 aliphatic rings. The van der Waals surface area contributed by atoms with Crippen LogP contribution in [0.1, 0.15) is 27.2 Å². The largest absolute Gasteiger partial charge is 0.480 e. The van der Waals surface area contributed by atoms with Crippen LogP contribution in [-0.4, -0.2) is 41.1 Å². The van der Waals surface area contributed by atoms with Gasteiger partial charge in [-0.05, 0) is 20.3 Å². The molecule has 0 saturated heterocycles. The van der Waals surface area contributed by atoms with Crippen LogP contribution >= 0.6 is 0 Å².